The predicted octanol–water partition coefficient (Wildman–Crippen LogP) is 20.4. The highest BCUT2D eigenvalue weighted by molar-refractivity contribution is 5.71. The molecule has 0 heterocycles. The molecular formula is C63H116O6. The van der Waals surface area contributed by atoms with Gasteiger partial charge in [-0.2, -0.15) is 0 Å². The van der Waals surface area contributed by atoms with Crippen LogP contribution in [0, 0.1) is 0 Å². The van der Waals surface area contributed by atoms with Gasteiger partial charge in [-0.3, -0.25) is 14.4 Å². The second-order valence-electron chi connectivity index (χ2n) is 20.6. The van der Waals surface area contributed by atoms with Gasteiger partial charge in [0.25, 0.3) is 0 Å². The van der Waals surface area contributed by atoms with Gasteiger partial charge in [0.15, 0.2) is 6.10 Å². The van der Waals surface area contributed by atoms with Gasteiger partial charge in [0.2, 0.25) is 0 Å². The van der Waals surface area contributed by atoms with Crippen molar-refractivity contribution in [2.75, 3.05) is 13.2 Å². The summed E-state index contributed by atoms with van der Waals surface area (Å²) in [7, 11) is 0. The second-order valence-corrected chi connectivity index (χ2v) is 20.6. The fourth-order valence-corrected chi connectivity index (χ4v) is 9.00. The maximum atomic E-state index is 12.9. The van der Waals surface area contributed by atoms with E-state index < -0.39 is 6.10 Å². The predicted molar refractivity (Wildman–Crippen MR) is 298 cm³/mol. The third-order valence-corrected chi connectivity index (χ3v) is 13.6. The fraction of sp³-hybridized carbons (Fsp3) is 0.857. The molecule has 404 valence electrons. The first-order valence-corrected chi connectivity index (χ1v) is 30.5. The minimum atomic E-state index is -0.772. The standard InChI is InChI=1S/C63H116O6/c1-4-7-10-13-16-19-22-24-26-28-30-31-33-34-36-38-41-44-47-50-53-56-62(65)68-59-60(58-67-61(64)55-52-49-46-43-40-21-18-15-12-9-6-3)69-63(66)57-54-51-48-45-42-39-37-35-32-29-27-25-23-20-17-14-11-8-5-2/h22,24-25,27-28,30,60H,4-21,23,26,29,31-59H2,1-3H3/b24-22-,27-25-,30-28-. The summed E-state index contributed by atoms with van der Waals surface area (Å²) in [5.74, 6) is -0.859. The first kappa shape index (κ1) is 66.6. The van der Waals surface area contributed by atoms with E-state index in [1.807, 2.05) is 0 Å². The number of hydrogen-bond acceptors (Lipinski definition) is 6. The molecule has 0 aliphatic rings. The Bertz CT molecular complexity index is 1160. The van der Waals surface area contributed by atoms with Crippen molar-refractivity contribution in [2.24, 2.45) is 0 Å². The van der Waals surface area contributed by atoms with E-state index >= 15 is 0 Å². The molecule has 0 aliphatic carbocycles. The minimum absolute atomic E-state index is 0.0704. The summed E-state index contributed by atoms with van der Waals surface area (Å²) >= 11 is 0. The lowest BCUT2D eigenvalue weighted by molar-refractivity contribution is -0.167. The lowest BCUT2D eigenvalue weighted by Gasteiger charge is -2.18. The van der Waals surface area contributed by atoms with Gasteiger partial charge >= 0.3 is 17.9 Å². The Hall–Kier alpha value is -2.37. The topological polar surface area (TPSA) is 78.9 Å². The zero-order chi connectivity index (χ0) is 50.0. The molecule has 1 unspecified atom stereocenters. The van der Waals surface area contributed by atoms with Crippen molar-refractivity contribution in [1.82, 2.24) is 0 Å². The molecule has 0 aromatic carbocycles. The third kappa shape index (κ3) is 56.4. The molecule has 1 atom stereocenters. The van der Waals surface area contributed by atoms with Gasteiger partial charge in [0.05, 0.1) is 0 Å². The molecule has 0 bridgehead atoms. The monoisotopic (exact) mass is 969 g/mol. The number of unbranched alkanes of at least 4 members (excludes halogenated alkanes) is 39. The average molecular weight is 970 g/mol. The van der Waals surface area contributed by atoms with Crippen LogP contribution in [-0.2, 0) is 28.6 Å². The van der Waals surface area contributed by atoms with Crippen molar-refractivity contribution in [3.63, 3.8) is 0 Å². The molecule has 0 fully saturated rings. The van der Waals surface area contributed by atoms with Crippen LogP contribution < -0.4 is 0 Å². The maximum Gasteiger partial charge on any atom is 0.306 e. The number of hydrogen-bond donors (Lipinski definition) is 0. The molecule has 6 nitrogen and oxygen atoms in total. The lowest BCUT2D eigenvalue weighted by Crippen LogP contribution is -2.30. The van der Waals surface area contributed by atoms with Crippen molar-refractivity contribution < 1.29 is 28.6 Å². The number of carbonyl (C=O) groups excluding carboxylic acids is 3. The van der Waals surface area contributed by atoms with Gasteiger partial charge in [0, 0.05) is 19.3 Å². The molecule has 0 N–H and O–H groups in total. The zero-order valence-electron chi connectivity index (χ0n) is 46.3. The normalized spacial score (nSPS) is 12.2. The number of allylic oxidation sites excluding steroid dienone is 6. The molecule has 0 saturated carbocycles. The Morgan fingerprint density at radius 3 is 0.812 bits per heavy atom. The summed E-state index contributed by atoms with van der Waals surface area (Å²) in [6.07, 6.45) is 70.0. The number of rotatable bonds is 56. The van der Waals surface area contributed by atoms with Crippen molar-refractivity contribution >= 4 is 17.9 Å². The van der Waals surface area contributed by atoms with Crippen LogP contribution in [0.2, 0.25) is 0 Å². The summed E-state index contributed by atoms with van der Waals surface area (Å²) in [6, 6.07) is 0. The Kier molecular flexibility index (Phi) is 56.2. The van der Waals surface area contributed by atoms with E-state index in [1.54, 1.807) is 0 Å². The Morgan fingerprint density at radius 2 is 0.522 bits per heavy atom. The third-order valence-electron chi connectivity index (χ3n) is 13.6. The van der Waals surface area contributed by atoms with Crippen molar-refractivity contribution in [1.29, 1.82) is 0 Å². The van der Waals surface area contributed by atoms with E-state index in [-0.39, 0.29) is 31.1 Å². The van der Waals surface area contributed by atoms with Gasteiger partial charge in [-0.05, 0) is 77.0 Å². The fourth-order valence-electron chi connectivity index (χ4n) is 9.00. The first-order chi connectivity index (χ1) is 34.0. The number of esters is 3. The van der Waals surface area contributed by atoms with E-state index in [4.69, 9.17) is 14.2 Å². The van der Waals surface area contributed by atoms with Crippen LogP contribution >= 0.6 is 0 Å². The van der Waals surface area contributed by atoms with Crippen LogP contribution in [0.1, 0.15) is 329 Å². The zero-order valence-corrected chi connectivity index (χ0v) is 46.3. The largest absolute Gasteiger partial charge is 0.462 e. The number of carbonyl (C=O) groups is 3. The molecule has 0 rings (SSSR count). The quantitative estimate of drug-likeness (QED) is 0.0261. The molecule has 0 aromatic rings. The van der Waals surface area contributed by atoms with Crippen LogP contribution in [0.3, 0.4) is 0 Å². The SMILES string of the molecule is CCCCCCC/C=C\C/C=C\CCCCCCCCCCCC(=O)OCC(COC(=O)CCCCCCCCCCCCC)OC(=O)CCCCCCCCCCC/C=C\CCCCCCCC. The van der Waals surface area contributed by atoms with Crippen molar-refractivity contribution in [3.8, 4) is 0 Å². The lowest BCUT2D eigenvalue weighted by atomic mass is 10.1. The molecule has 69 heavy (non-hydrogen) atoms. The molecule has 0 spiro atoms. The van der Waals surface area contributed by atoms with Crippen molar-refractivity contribution in [3.05, 3.63) is 36.5 Å². The molecule has 0 radical (unpaired) electrons. The summed E-state index contributed by atoms with van der Waals surface area (Å²) < 4.78 is 16.9. The van der Waals surface area contributed by atoms with Crippen LogP contribution in [0.25, 0.3) is 0 Å². The van der Waals surface area contributed by atoms with E-state index in [0.29, 0.717) is 19.3 Å². The molecule has 0 aliphatic heterocycles. The molecule has 0 aromatic heterocycles. The number of ether oxygens (including phenoxy) is 3. The van der Waals surface area contributed by atoms with Crippen LogP contribution in [0.15, 0.2) is 36.5 Å². The highest BCUT2D eigenvalue weighted by atomic mass is 16.6. The summed E-state index contributed by atoms with van der Waals surface area (Å²) in [5, 5.41) is 0. The highest BCUT2D eigenvalue weighted by Crippen LogP contribution is 2.16. The second kappa shape index (κ2) is 58.2. The maximum absolute atomic E-state index is 12.9. The molecule has 6 heteroatoms. The molecule has 0 amide bonds. The van der Waals surface area contributed by atoms with E-state index in [2.05, 4.69) is 57.2 Å². The van der Waals surface area contributed by atoms with Gasteiger partial charge in [-0.15, -0.1) is 0 Å². The van der Waals surface area contributed by atoms with Gasteiger partial charge < -0.3 is 14.2 Å². The van der Waals surface area contributed by atoms with Crippen LogP contribution in [0.4, 0.5) is 0 Å². The van der Waals surface area contributed by atoms with Crippen LogP contribution in [-0.4, -0.2) is 37.2 Å². The van der Waals surface area contributed by atoms with Gasteiger partial charge in [-0.1, -0.05) is 269 Å². The summed E-state index contributed by atoms with van der Waals surface area (Å²) in [4.78, 5) is 38.2. The molecular weight excluding hydrogens is 853 g/mol. The van der Waals surface area contributed by atoms with E-state index in [9.17, 15) is 14.4 Å². The van der Waals surface area contributed by atoms with Gasteiger partial charge in [-0.25, -0.2) is 0 Å². The Labute approximate surface area is 429 Å². The Morgan fingerprint density at radius 1 is 0.290 bits per heavy atom. The summed E-state index contributed by atoms with van der Waals surface area (Å²) in [5.41, 5.74) is 0. The van der Waals surface area contributed by atoms with Crippen LogP contribution in [0.5, 0.6) is 0 Å². The Balaban J connectivity index is 4.28. The minimum Gasteiger partial charge on any atom is -0.462 e. The smallest absolute Gasteiger partial charge is 0.306 e. The van der Waals surface area contributed by atoms with Crippen molar-refractivity contribution in [2.45, 2.75) is 335 Å². The first-order valence-electron chi connectivity index (χ1n) is 30.5. The summed E-state index contributed by atoms with van der Waals surface area (Å²) in [6.45, 7) is 6.66. The highest BCUT2D eigenvalue weighted by Gasteiger charge is 2.19. The average Bonchev–Trinajstić information content (AvgIpc) is 3.35. The van der Waals surface area contributed by atoms with E-state index in [1.165, 1.54) is 225 Å². The molecule has 0 saturated heterocycles. The van der Waals surface area contributed by atoms with Gasteiger partial charge in [0.1, 0.15) is 13.2 Å². The van der Waals surface area contributed by atoms with E-state index in [0.717, 1.165) is 64.2 Å².